The van der Waals surface area contributed by atoms with E-state index in [0.29, 0.717) is 16.7 Å². The monoisotopic (exact) mass is 352 g/mol. The predicted octanol–water partition coefficient (Wildman–Crippen LogP) is 3.41. The third-order valence-electron chi connectivity index (χ3n) is 2.88. The molecule has 0 spiro atoms. The SMILES string of the molecule is CCCn1cc(NC(=O)c2ccc(Br)cc2F)ccc1=O. The minimum absolute atomic E-state index is 0.0496. The second-order valence-electron chi connectivity index (χ2n) is 4.53. The number of aromatic nitrogens is 1. The Hall–Kier alpha value is -1.95. The summed E-state index contributed by atoms with van der Waals surface area (Å²) in [5, 5.41) is 2.59. The smallest absolute Gasteiger partial charge is 0.258 e. The van der Waals surface area contributed by atoms with Gasteiger partial charge in [0.2, 0.25) is 0 Å². The van der Waals surface area contributed by atoms with Gasteiger partial charge in [0.05, 0.1) is 11.3 Å². The zero-order valence-electron chi connectivity index (χ0n) is 11.4. The molecule has 0 aliphatic rings. The number of pyridine rings is 1. The quantitative estimate of drug-likeness (QED) is 0.916. The standard InChI is InChI=1S/C15H14BrFN2O2/c1-2-7-19-9-11(4-6-14(19)20)18-15(21)12-5-3-10(16)8-13(12)17/h3-6,8-9H,2,7H2,1H3,(H,18,21). The van der Waals surface area contributed by atoms with Gasteiger partial charge >= 0.3 is 0 Å². The Morgan fingerprint density at radius 2 is 2.10 bits per heavy atom. The fourth-order valence-corrected chi connectivity index (χ4v) is 2.23. The van der Waals surface area contributed by atoms with Crippen LogP contribution in [0, 0.1) is 5.82 Å². The molecule has 2 aromatic rings. The molecule has 0 atom stereocenters. The molecular weight excluding hydrogens is 339 g/mol. The van der Waals surface area contributed by atoms with Crippen LogP contribution in [0.3, 0.4) is 0 Å². The first kappa shape index (κ1) is 15.4. The summed E-state index contributed by atoms with van der Waals surface area (Å²) >= 11 is 3.14. The first-order valence-corrected chi connectivity index (χ1v) is 7.27. The van der Waals surface area contributed by atoms with Gasteiger partial charge in [-0.05, 0) is 30.7 Å². The van der Waals surface area contributed by atoms with Crippen molar-refractivity contribution in [1.29, 1.82) is 0 Å². The summed E-state index contributed by atoms with van der Waals surface area (Å²) in [6.07, 6.45) is 2.36. The van der Waals surface area contributed by atoms with Crippen LogP contribution in [0.5, 0.6) is 0 Å². The average molecular weight is 353 g/mol. The van der Waals surface area contributed by atoms with Crippen LogP contribution in [0.2, 0.25) is 0 Å². The number of carbonyl (C=O) groups is 1. The summed E-state index contributed by atoms with van der Waals surface area (Å²) < 4.78 is 15.8. The Bertz CT molecular complexity index is 728. The van der Waals surface area contributed by atoms with Crippen molar-refractivity contribution in [3.8, 4) is 0 Å². The zero-order valence-corrected chi connectivity index (χ0v) is 13.0. The Labute approximate surface area is 129 Å². The maximum atomic E-state index is 13.7. The van der Waals surface area contributed by atoms with Crippen LogP contribution in [0.1, 0.15) is 23.7 Å². The van der Waals surface area contributed by atoms with Crippen LogP contribution < -0.4 is 10.9 Å². The number of hydrogen-bond donors (Lipinski definition) is 1. The van der Waals surface area contributed by atoms with Crippen molar-refractivity contribution in [3.05, 3.63) is 62.7 Å². The summed E-state index contributed by atoms with van der Waals surface area (Å²) in [5.41, 5.74) is 0.270. The number of aryl methyl sites for hydroxylation is 1. The van der Waals surface area contributed by atoms with E-state index in [1.165, 1.54) is 28.8 Å². The van der Waals surface area contributed by atoms with E-state index >= 15 is 0 Å². The molecular formula is C15H14BrFN2O2. The highest BCUT2D eigenvalue weighted by atomic mass is 79.9. The molecule has 0 saturated carbocycles. The van der Waals surface area contributed by atoms with E-state index in [0.717, 1.165) is 6.42 Å². The van der Waals surface area contributed by atoms with Crippen LogP contribution in [0.15, 0.2) is 45.8 Å². The summed E-state index contributed by atoms with van der Waals surface area (Å²) in [6, 6.07) is 7.10. The molecule has 0 fully saturated rings. The number of rotatable bonds is 4. The number of carbonyl (C=O) groups excluding carboxylic acids is 1. The molecule has 1 aromatic carbocycles. The first-order valence-electron chi connectivity index (χ1n) is 6.48. The number of benzene rings is 1. The van der Waals surface area contributed by atoms with Gasteiger partial charge in [-0.15, -0.1) is 0 Å². The fourth-order valence-electron chi connectivity index (χ4n) is 1.89. The van der Waals surface area contributed by atoms with Crippen LogP contribution in [-0.2, 0) is 6.54 Å². The molecule has 0 bridgehead atoms. The topological polar surface area (TPSA) is 51.1 Å². The maximum Gasteiger partial charge on any atom is 0.258 e. The third-order valence-corrected chi connectivity index (χ3v) is 3.37. The van der Waals surface area contributed by atoms with Crippen LogP contribution in [-0.4, -0.2) is 10.5 Å². The second kappa shape index (κ2) is 6.67. The fraction of sp³-hybridized carbons (Fsp3) is 0.200. The Morgan fingerprint density at radius 1 is 1.33 bits per heavy atom. The van der Waals surface area contributed by atoms with Gasteiger partial charge in [-0.3, -0.25) is 9.59 Å². The molecule has 1 amide bonds. The van der Waals surface area contributed by atoms with Crippen molar-refractivity contribution in [3.63, 3.8) is 0 Å². The third kappa shape index (κ3) is 3.78. The molecule has 0 aliphatic heterocycles. The van der Waals surface area contributed by atoms with Crippen molar-refractivity contribution in [1.82, 2.24) is 4.57 Å². The van der Waals surface area contributed by atoms with E-state index in [1.54, 1.807) is 12.3 Å². The Balaban J connectivity index is 2.23. The van der Waals surface area contributed by atoms with Crippen LogP contribution in [0.4, 0.5) is 10.1 Å². The van der Waals surface area contributed by atoms with Gasteiger partial charge in [-0.2, -0.15) is 0 Å². The molecule has 6 heteroatoms. The van der Waals surface area contributed by atoms with Gasteiger partial charge in [-0.25, -0.2) is 4.39 Å². The summed E-state index contributed by atoms with van der Waals surface area (Å²) in [5.74, 6) is -1.16. The van der Waals surface area contributed by atoms with Gasteiger partial charge in [0, 0.05) is 23.3 Å². The van der Waals surface area contributed by atoms with Gasteiger partial charge in [-0.1, -0.05) is 22.9 Å². The summed E-state index contributed by atoms with van der Waals surface area (Å²) in [7, 11) is 0. The van der Waals surface area contributed by atoms with Gasteiger partial charge in [0.1, 0.15) is 5.82 Å². The number of nitrogens with zero attached hydrogens (tertiary/aromatic N) is 1. The Morgan fingerprint density at radius 3 is 2.76 bits per heavy atom. The van der Waals surface area contributed by atoms with E-state index in [-0.39, 0.29) is 11.1 Å². The minimum Gasteiger partial charge on any atom is -0.321 e. The largest absolute Gasteiger partial charge is 0.321 e. The molecule has 1 N–H and O–H groups in total. The molecule has 2 rings (SSSR count). The highest BCUT2D eigenvalue weighted by Crippen LogP contribution is 2.16. The number of nitrogens with one attached hydrogen (secondary N) is 1. The zero-order chi connectivity index (χ0) is 15.4. The van der Waals surface area contributed by atoms with Crippen molar-refractivity contribution in [2.75, 3.05) is 5.32 Å². The Kier molecular flexibility index (Phi) is 4.90. The first-order chi connectivity index (χ1) is 10.0. The molecule has 4 nitrogen and oxygen atoms in total. The molecule has 0 saturated heterocycles. The average Bonchev–Trinajstić information content (AvgIpc) is 2.42. The predicted molar refractivity (Wildman–Crippen MR) is 83.0 cm³/mol. The van der Waals surface area contributed by atoms with Crippen LogP contribution in [0.25, 0.3) is 0 Å². The number of halogens is 2. The van der Waals surface area contributed by atoms with Gasteiger partial charge in [0.15, 0.2) is 0 Å². The molecule has 110 valence electrons. The van der Waals surface area contributed by atoms with E-state index in [2.05, 4.69) is 21.2 Å². The number of amides is 1. The molecule has 21 heavy (non-hydrogen) atoms. The number of hydrogen-bond acceptors (Lipinski definition) is 2. The van der Waals surface area contributed by atoms with Gasteiger partial charge < -0.3 is 9.88 Å². The van der Waals surface area contributed by atoms with Crippen molar-refractivity contribution in [2.45, 2.75) is 19.9 Å². The van der Waals surface area contributed by atoms with E-state index < -0.39 is 11.7 Å². The normalized spacial score (nSPS) is 10.4. The van der Waals surface area contributed by atoms with E-state index in [1.807, 2.05) is 6.92 Å². The molecule has 1 aromatic heterocycles. The van der Waals surface area contributed by atoms with Crippen molar-refractivity contribution in [2.24, 2.45) is 0 Å². The van der Waals surface area contributed by atoms with Gasteiger partial charge in [0.25, 0.3) is 11.5 Å². The lowest BCUT2D eigenvalue weighted by Crippen LogP contribution is -2.20. The van der Waals surface area contributed by atoms with Crippen molar-refractivity contribution >= 4 is 27.5 Å². The molecule has 0 aliphatic carbocycles. The summed E-state index contributed by atoms with van der Waals surface area (Å²) in [4.78, 5) is 23.6. The lowest BCUT2D eigenvalue weighted by atomic mass is 10.2. The second-order valence-corrected chi connectivity index (χ2v) is 5.44. The molecule has 0 unspecified atom stereocenters. The van der Waals surface area contributed by atoms with E-state index in [4.69, 9.17) is 0 Å². The van der Waals surface area contributed by atoms with Crippen LogP contribution >= 0.6 is 15.9 Å². The minimum atomic E-state index is -0.608. The lowest BCUT2D eigenvalue weighted by Gasteiger charge is -2.09. The lowest BCUT2D eigenvalue weighted by molar-refractivity contribution is 0.102. The summed E-state index contributed by atoms with van der Waals surface area (Å²) in [6.45, 7) is 2.52. The molecule has 1 heterocycles. The highest BCUT2D eigenvalue weighted by molar-refractivity contribution is 9.10. The van der Waals surface area contributed by atoms with E-state index in [9.17, 15) is 14.0 Å². The van der Waals surface area contributed by atoms with Crippen molar-refractivity contribution < 1.29 is 9.18 Å². The maximum absolute atomic E-state index is 13.7. The molecule has 0 radical (unpaired) electrons. The number of anilines is 1. The highest BCUT2D eigenvalue weighted by Gasteiger charge is 2.12.